The lowest BCUT2D eigenvalue weighted by Gasteiger charge is -2.23. The summed E-state index contributed by atoms with van der Waals surface area (Å²) in [5.41, 5.74) is 1.71. The second-order valence-corrected chi connectivity index (χ2v) is 4.10. The molecule has 6 nitrogen and oxygen atoms in total. The third-order valence-corrected chi connectivity index (χ3v) is 2.81. The van der Waals surface area contributed by atoms with Crippen LogP contribution in [0.5, 0.6) is 0 Å². The van der Waals surface area contributed by atoms with Crippen molar-refractivity contribution in [3.63, 3.8) is 0 Å². The summed E-state index contributed by atoms with van der Waals surface area (Å²) in [5, 5.41) is 14.1. The topological polar surface area (TPSA) is 67.6 Å². The number of rotatable bonds is 8. The minimum atomic E-state index is -0.367. The molecule has 0 heterocycles. The molecular formula is C13H21N3O3. The average Bonchev–Trinajstić information content (AvgIpc) is 2.39. The zero-order valence-electron chi connectivity index (χ0n) is 11.7. The summed E-state index contributed by atoms with van der Waals surface area (Å²) in [4.78, 5) is 12.7. The van der Waals surface area contributed by atoms with E-state index in [1.165, 1.54) is 0 Å². The van der Waals surface area contributed by atoms with Gasteiger partial charge < -0.3 is 15.0 Å². The van der Waals surface area contributed by atoms with Crippen LogP contribution in [0.15, 0.2) is 18.2 Å². The average molecular weight is 267 g/mol. The largest absolute Gasteiger partial charge is 0.385 e. The maximum atomic E-state index is 11.0. The smallest absolute Gasteiger partial charge is 0.273 e. The van der Waals surface area contributed by atoms with Crippen molar-refractivity contribution >= 4 is 17.1 Å². The standard InChI is InChI=1S/C13H21N3O3/c1-4-14-11-8-12(10-13(9-11)16(17)18)15(5-2)6-7-19-3/h8-10,14H,4-7H2,1-3H3. The summed E-state index contributed by atoms with van der Waals surface area (Å²) in [5.74, 6) is 0. The number of methoxy groups -OCH3 is 1. The van der Waals surface area contributed by atoms with E-state index in [1.54, 1.807) is 19.2 Å². The first-order chi connectivity index (χ1) is 9.12. The van der Waals surface area contributed by atoms with Crippen LogP contribution in [-0.4, -0.2) is 38.3 Å². The molecule has 19 heavy (non-hydrogen) atoms. The summed E-state index contributed by atoms with van der Waals surface area (Å²) >= 11 is 0. The number of nitro groups is 1. The molecule has 0 unspecified atom stereocenters. The minimum absolute atomic E-state index is 0.101. The second-order valence-electron chi connectivity index (χ2n) is 4.10. The predicted molar refractivity (Wildman–Crippen MR) is 77.0 cm³/mol. The van der Waals surface area contributed by atoms with E-state index >= 15 is 0 Å². The van der Waals surface area contributed by atoms with Crippen LogP contribution in [0, 0.1) is 10.1 Å². The molecule has 6 heteroatoms. The molecule has 0 saturated heterocycles. The number of likely N-dealkylation sites (N-methyl/N-ethyl adjacent to an activating group) is 1. The zero-order chi connectivity index (χ0) is 14.3. The highest BCUT2D eigenvalue weighted by Crippen LogP contribution is 2.26. The summed E-state index contributed by atoms with van der Waals surface area (Å²) in [6.07, 6.45) is 0. The van der Waals surface area contributed by atoms with E-state index in [2.05, 4.69) is 10.2 Å². The molecule has 0 aliphatic heterocycles. The lowest BCUT2D eigenvalue weighted by atomic mass is 10.2. The number of hydrogen-bond acceptors (Lipinski definition) is 5. The van der Waals surface area contributed by atoms with E-state index in [0.717, 1.165) is 24.5 Å². The molecule has 0 saturated carbocycles. The van der Waals surface area contributed by atoms with Gasteiger partial charge in [-0.25, -0.2) is 0 Å². The van der Waals surface area contributed by atoms with E-state index < -0.39 is 0 Å². The molecular weight excluding hydrogens is 246 g/mol. The molecule has 1 rings (SSSR count). The molecule has 0 atom stereocenters. The molecule has 0 spiro atoms. The van der Waals surface area contributed by atoms with Crippen molar-refractivity contribution in [1.29, 1.82) is 0 Å². The van der Waals surface area contributed by atoms with Crippen molar-refractivity contribution < 1.29 is 9.66 Å². The fourth-order valence-electron chi connectivity index (χ4n) is 1.86. The quantitative estimate of drug-likeness (QED) is 0.579. The van der Waals surface area contributed by atoms with Crippen molar-refractivity contribution in [3.05, 3.63) is 28.3 Å². The van der Waals surface area contributed by atoms with Crippen molar-refractivity contribution in [2.75, 3.05) is 43.6 Å². The zero-order valence-corrected chi connectivity index (χ0v) is 11.7. The fourth-order valence-corrected chi connectivity index (χ4v) is 1.86. The van der Waals surface area contributed by atoms with Crippen molar-refractivity contribution in [1.82, 2.24) is 0 Å². The third kappa shape index (κ3) is 4.40. The molecule has 0 amide bonds. The van der Waals surface area contributed by atoms with Crippen molar-refractivity contribution in [2.24, 2.45) is 0 Å². The third-order valence-electron chi connectivity index (χ3n) is 2.81. The van der Waals surface area contributed by atoms with E-state index in [-0.39, 0.29) is 10.6 Å². The molecule has 0 fully saturated rings. The van der Waals surface area contributed by atoms with Gasteiger partial charge in [-0.1, -0.05) is 0 Å². The Hall–Kier alpha value is -1.82. The van der Waals surface area contributed by atoms with Crippen molar-refractivity contribution in [2.45, 2.75) is 13.8 Å². The molecule has 1 aromatic carbocycles. The number of nitro benzene ring substituents is 1. The van der Waals surface area contributed by atoms with Gasteiger partial charge in [-0.15, -0.1) is 0 Å². The Kier molecular flexibility index (Phi) is 6.08. The number of non-ortho nitro benzene ring substituents is 1. The summed E-state index contributed by atoms with van der Waals surface area (Å²) in [7, 11) is 1.64. The minimum Gasteiger partial charge on any atom is -0.385 e. The highest BCUT2D eigenvalue weighted by atomic mass is 16.6. The monoisotopic (exact) mass is 267 g/mol. The molecule has 106 valence electrons. The molecule has 1 aromatic rings. The lowest BCUT2D eigenvalue weighted by Crippen LogP contribution is -2.26. The van der Waals surface area contributed by atoms with Gasteiger partial charge in [0.15, 0.2) is 0 Å². The van der Waals surface area contributed by atoms with Crippen LogP contribution >= 0.6 is 0 Å². The van der Waals surface area contributed by atoms with E-state index in [9.17, 15) is 10.1 Å². The molecule has 0 bridgehead atoms. The first-order valence-electron chi connectivity index (χ1n) is 6.39. The van der Waals surface area contributed by atoms with Crippen LogP contribution in [-0.2, 0) is 4.74 Å². The van der Waals surface area contributed by atoms with Crippen LogP contribution in [0.3, 0.4) is 0 Å². The van der Waals surface area contributed by atoms with Crippen LogP contribution in [0.25, 0.3) is 0 Å². The van der Waals surface area contributed by atoms with Gasteiger partial charge in [0.2, 0.25) is 0 Å². The Morgan fingerprint density at radius 1 is 1.37 bits per heavy atom. The first kappa shape index (κ1) is 15.2. The summed E-state index contributed by atoms with van der Waals surface area (Å²) in [6.45, 7) is 6.77. The maximum absolute atomic E-state index is 11.0. The summed E-state index contributed by atoms with van der Waals surface area (Å²) < 4.78 is 5.06. The Bertz CT molecular complexity index is 424. The van der Waals surface area contributed by atoms with E-state index in [0.29, 0.717) is 13.2 Å². The number of hydrogen-bond donors (Lipinski definition) is 1. The van der Waals surface area contributed by atoms with Gasteiger partial charge in [-0.2, -0.15) is 0 Å². The number of anilines is 2. The normalized spacial score (nSPS) is 10.3. The Balaban J connectivity index is 3.05. The Morgan fingerprint density at radius 3 is 2.63 bits per heavy atom. The van der Waals surface area contributed by atoms with Gasteiger partial charge in [0.05, 0.1) is 11.5 Å². The van der Waals surface area contributed by atoms with Crippen LogP contribution < -0.4 is 10.2 Å². The van der Waals surface area contributed by atoms with E-state index in [4.69, 9.17) is 4.74 Å². The lowest BCUT2D eigenvalue weighted by molar-refractivity contribution is -0.384. The van der Waals surface area contributed by atoms with Gasteiger partial charge in [0.25, 0.3) is 5.69 Å². The molecule has 0 aliphatic rings. The number of ether oxygens (including phenoxy) is 1. The molecule has 0 aromatic heterocycles. The van der Waals surface area contributed by atoms with Gasteiger partial charge >= 0.3 is 0 Å². The van der Waals surface area contributed by atoms with Gasteiger partial charge in [0, 0.05) is 50.3 Å². The number of nitrogens with zero attached hydrogens (tertiary/aromatic N) is 2. The maximum Gasteiger partial charge on any atom is 0.273 e. The molecule has 1 N–H and O–H groups in total. The number of benzene rings is 1. The molecule has 0 radical (unpaired) electrons. The predicted octanol–water partition coefficient (Wildman–Crippen LogP) is 2.50. The highest BCUT2D eigenvalue weighted by molar-refractivity contribution is 5.64. The van der Waals surface area contributed by atoms with Gasteiger partial charge in [-0.05, 0) is 19.9 Å². The van der Waals surface area contributed by atoms with Crippen molar-refractivity contribution in [3.8, 4) is 0 Å². The van der Waals surface area contributed by atoms with Gasteiger partial charge in [0.1, 0.15) is 0 Å². The molecule has 0 aliphatic carbocycles. The van der Waals surface area contributed by atoms with Crippen LogP contribution in [0.2, 0.25) is 0 Å². The van der Waals surface area contributed by atoms with Crippen LogP contribution in [0.4, 0.5) is 17.1 Å². The highest BCUT2D eigenvalue weighted by Gasteiger charge is 2.13. The summed E-state index contributed by atoms with van der Waals surface area (Å²) in [6, 6.07) is 5.08. The second kappa shape index (κ2) is 7.58. The van der Waals surface area contributed by atoms with E-state index in [1.807, 2.05) is 19.9 Å². The number of nitrogens with one attached hydrogen (secondary N) is 1. The Morgan fingerprint density at radius 2 is 2.11 bits per heavy atom. The fraction of sp³-hybridized carbons (Fsp3) is 0.538. The van der Waals surface area contributed by atoms with Crippen LogP contribution in [0.1, 0.15) is 13.8 Å². The SMILES string of the molecule is CCNc1cc(N(CC)CCOC)cc([N+](=O)[O-])c1. The van der Waals surface area contributed by atoms with Gasteiger partial charge in [-0.3, -0.25) is 10.1 Å². The Labute approximate surface area is 113 Å². The first-order valence-corrected chi connectivity index (χ1v) is 6.39.